The van der Waals surface area contributed by atoms with Crippen LogP contribution in [0.1, 0.15) is 32.3 Å². The van der Waals surface area contributed by atoms with Crippen molar-refractivity contribution < 1.29 is 18.3 Å². The minimum Gasteiger partial charge on any atom is -0.481 e. The molecule has 0 aliphatic heterocycles. The van der Waals surface area contributed by atoms with Crippen LogP contribution in [0.4, 0.5) is 0 Å². The molecule has 0 radical (unpaired) electrons. The molecule has 1 aromatic carbocycles. The van der Waals surface area contributed by atoms with Crippen LogP contribution in [0.5, 0.6) is 0 Å². The first-order valence-electron chi connectivity index (χ1n) is 6.05. The molecule has 0 atom stereocenters. The Morgan fingerprint density at radius 1 is 1.40 bits per heavy atom. The lowest BCUT2D eigenvalue weighted by Gasteiger charge is -2.25. The summed E-state index contributed by atoms with van der Waals surface area (Å²) in [6.45, 7) is 5.05. The van der Waals surface area contributed by atoms with Crippen LogP contribution in [0.2, 0.25) is 0 Å². The van der Waals surface area contributed by atoms with E-state index in [0.717, 1.165) is 0 Å². The summed E-state index contributed by atoms with van der Waals surface area (Å²) in [4.78, 5) is 10.8. The smallest absolute Gasteiger partial charge is 0.303 e. The van der Waals surface area contributed by atoms with Crippen LogP contribution >= 0.6 is 15.9 Å². The molecule has 112 valence electrons. The number of sulfonamides is 1. The van der Waals surface area contributed by atoms with Crippen LogP contribution in [0, 0.1) is 6.92 Å². The molecule has 0 fully saturated rings. The molecule has 2 N–H and O–H groups in total. The summed E-state index contributed by atoms with van der Waals surface area (Å²) in [7, 11) is -3.69. The minimum atomic E-state index is -3.69. The summed E-state index contributed by atoms with van der Waals surface area (Å²) >= 11 is 3.25. The van der Waals surface area contributed by atoms with Crippen molar-refractivity contribution in [1.82, 2.24) is 4.72 Å². The van der Waals surface area contributed by atoms with E-state index in [2.05, 4.69) is 20.7 Å². The number of benzene rings is 1. The number of hydrogen-bond acceptors (Lipinski definition) is 3. The lowest BCUT2D eigenvalue weighted by molar-refractivity contribution is -0.137. The van der Waals surface area contributed by atoms with Gasteiger partial charge in [-0.15, -0.1) is 0 Å². The Kier molecular flexibility index (Phi) is 5.34. The van der Waals surface area contributed by atoms with E-state index in [0.29, 0.717) is 10.0 Å². The SMILES string of the molecule is Cc1ccc(Br)cc1S(=O)(=O)NC(C)(C)CCC(=O)O. The van der Waals surface area contributed by atoms with Gasteiger partial charge in [-0.2, -0.15) is 0 Å². The number of carboxylic acid groups (broad SMARTS) is 1. The Bertz CT molecular complexity index is 611. The zero-order valence-electron chi connectivity index (χ0n) is 11.6. The zero-order chi connectivity index (χ0) is 15.6. The van der Waals surface area contributed by atoms with Gasteiger partial charge < -0.3 is 5.11 Å². The summed E-state index contributed by atoms with van der Waals surface area (Å²) in [5.74, 6) is -0.948. The van der Waals surface area contributed by atoms with Crippen molar-refractivity contribution >= 4 is 31.9 Å². The van der Waals surface area contributed by atoms with E-state index in [-0.39, 0.29) is 17.7 Å². The highest BCUT2D eigenvalue weighted by atomic mass is 79.9. The number of aliphatic carboxylic acids is 1. The fourth-order valence-corrected chi connectivity index (χ4v) is 3.98. The maximum atomic E-state index is 12.4. The number of rotatable bonds is 6. The Morgan fingerprint density at radius 3 is 2.55 bits per heavy atom. The van der Waals surface area contributed by atoms with E-state index in [1.165, 1.54) is 6.07 Å². The highest BCUT2D eigenvalue weighted by molar-refractivity contribution is 9.10. The quantitative estimate of drug-likeness (QED) is 0.813. The number of carbonyl (C=O) groups is 1. The molecule has 0 saturated heterocycles. The van der Waals surface area contributed by atoms with Crippen LogP contribution in [0.15, 0.2) is 27.6 Å². The van der Waals surface area contributed by atoms with E-state index in [1.54, 1.807) is 32.9 Å². The molecule has 0 heterocycles. The van der Waals surface area contributed by atoms with Gasteiger partial charge in [-0.25, -0.2) is 13.1 Å². The maximum absolute atomic E-state index is 12.4. The van der Waals surface area contributed by atoms with E-state index in [4.69, 9.17) is 5.11 Å². The molecule has 0 aromatic heterocycles. The molecule has 0 aliphatic rings. The molecule has 0 bridgehead atoms. The van der Waals surface area contributed by atoms with Crippen molar-refractivity contribution in [3.8, 4) is 0 Å². The molecule has 1 aromatic rings. The number of hydrogen-bond donors (Lipinski definition) is 2. The van der Waals surface area contributed by atoms with Gasteiger partial charge in [-0.3, -0.25) is 4.79 Å². The third-order valence-corrected chi connectivity index (χ3v) is 5.15. The number of carboxylic acids is 1. The predicted octanol–water partition coefficient (Wildman–Crippen LogP) is 2.68. The van der Waals surface area contributed by atoms with Gasteiger partial charge >= 0.3 is 5.97 Å². The average molecular weight is 364 g/mol. The van der Waals surface area contributed by atoms with E-state index in [1.807, 2.05) is 0 Å². The van der Waals surface area contributed by atoms with Crippen molar-refractivity contribution in [2.45, 2.75) is 44.0 Å². The number of aryl methyl sites for hydroxylation is 1. The van der Waals surface area contributed by atoms with Crippen LogP contribution in [-0.2, 0) is 14.8 Å². The summed E-state index contributed by atoms with van der Waals surface area (Å²) in [6, 6.07) is 5.01. The Labute approximate surface area is 127 Å². The average Bonchev–Trinajstić information content (AvgIpc) is 2.28. The fourth-order valence-electron chi connectivity index (χ4n) is 1.75. The second kappa shape index (κ2) is 6.24. The third kappa shape index (κ3) is 4.88. The van der Waals surface area contributed by atoms with Gasteiger partial charge in [0.1, 0.15) is 0 Å². The first-order valence-corrected chi connectivity index (χ1v) is 8.33. The van der Waals surface area contributed by atoms with Gasteiger partial charge in [-0.1, -0.05) is 22.0 Å². The molecule has 0 unspecified atom stereocenters. The van der Waals surface area contributed by atoms with Crippen molar-refractivity contribution in [3.05, 3.63) is 28.2 Å². The Morgan fingerprint density at radius 2 is 2.00 bits per heavy atom. The van der Waals surface area contributed by atoms with Gasteiger partial charge in [0, 0.05) is 16.4 Å². The van der Waals surface area contributed by atoms with Crippen LogP contribution < -0.4 is 4.72 Å². The number of halogens is 1. The largest absolute Gasteiger partial charge is 0.481 e. The van der Waals surface area contributed by atoms with Crippen LogP contribution in [0.25, 0.3) is 0 Å². The first kappa shape index (κ1) is 17.1. The Balaban J connectivity index is 3.00. The molecular weight excluding hydrogens is 346 g/mol. The summed E-state index contributed by atoms with van der Waals surface area (Å²) in [6.07, 6.45) is 0.127. The summed E-state index contributed by atoms with van der Waals surface area (Å²) in [5.41, 5.74) is -0.193. The molecule has 0 amide bonds. The second-order valence-corrected chi connectivity index (χ2v) is 7.86. The fraction of sp³-hybridized carbons (Fsp3) is 0.462. The molecule has 20 heavy (non-hydrogen) atoms. The number of nitrogens with one attached hydrogen (secondary N) is 1. The van der Waals surface area contributed by atoms with Gasteiger partial charge in [0.2, 0.25) is 10.0 Å². The van der Waals surface area contributed by atoms with Gasteiger partial charge in [0.05, 0.1) is 4.90 Å². The monoisotopic (exact) mass is 363 g/mol. The lowest BCUT2D eigenvalue weighted by atomic mass is 10.0. The topological polar surface area (TPSA) is 83.5 Å². The second-order valence-electron chi connectivity index (χ2n) is 5.29. The van der Waals surface area contributed by atoms with E-state index >= 15 is 0 Å². The molecular formula is C13H18BrNO4S. The zero-order valence-corrected chi connectivity index (χ0v) is 14.0. The molecule has 1 rings (SSSR count). The van der Waals surface area contributed by atoms with Gasteiger partial charge in [0.15, 0.2) is 0 Å². The van der Waals surface area contributed by atoms with Crippen molar-refractivity contribution in [1.29, 1.82) is 0 Å². The standard InChI is InChI=1S/C13H18BrNO4S/c1-9-4-5-10(14)8-11(9)20(18,19)15-13(2,3)7-6-12(16)17/h4-5,8,15H,6-7H2,1-3H3,(H,16,17). The van der Waals surface area contributed by atoms with Crippen molar-refractivity contribution in [2.75, 3.05) is 0 Å². The first-order chi connectivity index (χ1) is 9.03. The predicted molar refractivity (Wildman–Crippen MR) is 80.1 cm³/mol. The van der Waals surface area contributed by atoms with Crippen LogP contribution in [-0.4, -0.2) is 25.0 Å². The van der Waals surface area contributed by atoms with Crippen molar-refractivity contribution in [2.24, 2.45) is 0 Å². The Hall–Kier alpha value is -0.920. The van der Waals surface area contributed by atoms with E-state index < -0.39 is 21.5 Å². The normalized spacial score (nSPS) is 12.4. The molecule has 0 spiro atoms. The van der Waals surface area contributed by atoms with E-state index in [9.17, 15) is 13.2 Å². The van der Waals surface area contributed by atoms with Gasteiger partial charge in [-0.05, 0) is 44.9 Å². The highest BCUT2D eigenvalue weighted by Gasteiger charge is 2.27. The summed E-state index contributed by atoms with van der Waals surface area (Å²) < 4.78 is 28.0. The molecule has 7 heteroatoms. The van der Waals surface area contributed by atoms with Gasteiger partial charge in [0.25, 0.3) is 0 Å². The maximum Gasteiger partial charge on any atom is 0.303 e. The van der Waals surface area contributed by atoms with Crippen LogP contribution in [0.3, 0.4) is 0 Å². The highest BCUT2D eigenvalue weighted by Crippen LogP contribution is 2.23. The molecule has 0 aliphatic carbocycles. The third-order valence-electron chi connectivity index (χ3n) is 2.81. The molecule has 0 saturated carbocycles. The minimum absolute atomic E-state index is 0.0903. The summed E-state index contributed by atoms with van der Waals surface area (Å²) in [5, 5.41) is 8.69. The molecule has 5 nitrogen and oxygen atoms in total. The van der Waals surface area contributed by atoms with Crippen molar-refractivity contribution in [3.63, 3.8) is 0 Å². The lowest BCUT2D eigenvalue weighted by Crippen LogP contribution is -2.43.